The lowest BCUT2D eigenvalue weighted by molar-refractivity contribution is -0.188. The summed E-state index contributed by atoms with van der Waals surface area (Å²) in [5.41, 5.74) is -0.0475. The van der Waals surface area contributed by atoms with Gasteiger partial charge in [-0.15, -0.1) is 0 Å². The van der Waals surface area contributed by atoms with Gasteiger partial charge in [0.2, 0.25) is 0 Å². The zero-order valence-electron chi connectivity index (χ0n) is 11.3. The van der Waals surface area contributed by atoms with Gasteiger partial charge < -0.3 is 10.1 Å². The summed E-state index contributed by atoms with van der Waals surface area (Å²) in [6.07, 6.45) is 0. The fraction of sp³-hybridized carbons (Fsp3) is 1.00. The lowest BCUT2D eigenvalue weighted by Gasteiger charge is -2.49. The van der Waals surface area contributed by atoms with Gasteiger partial charge >= 0.3 is 0 Å². The van der Waals surface area contributed by atoms with Crippen LogP contribution in [-0.2, 0) is 4.74 Å². The molecular weight excluding hydrogens is 200 g/mol. The predicted molar refractivity (Wildman–Crippen MR) is 66.6 cm³/mol. The summed E-state index contributed by atoms with van der Waals surface area (Å²) in [7, 11) is 0. The number of rotatable bonds is 1. The highest BCUT2D eigenvalue weighted by molar-refractivity contribution is 4.95. The molecule has 0 aromatic heterocycles. The number of morpholine rings is 1. The van der Waals surface area contributed by atoms with Crippen LogP contribution in [0.2, 0.25) is 0 Å². The molecule has 0 amide bonds. The lowest BCUT2D eigenvalue weighted by Crippen LogP contribution is -2.60. The first kappa shape index (κ1) is 12.3. The first-order chi connectivity index (χ1) is 7.29. The molecule has 2 atom stereocenters. The van der Waals surface area contributed by atoms with Crippen molar-refractivity contribution in [1.82, 2.24) is 10.2 Å². The molecule has 2 unspecified atom stereocenters. The first-order valence-electron chi connectivity index (χ1n) is 6.44. The maximum Gasteiger partial charge on any atom is 0.0760 e. The third kappa shape index (κ3) is 2.58. The van der Waals surface area contributed by atoms with E-state index >= 15 is 0 Å². The van der Waals surface area contributed by atoms with E-state index in [-0.39, 0.29) is 11.2 Å². The van der Waals surface area contributed by atoms with Crippen molar-refractivity contribution >= 4 is 0 Å². The Hall–Kier alpha value is -0.120. The third-order valence-electron chi connectivity index (χ3n) is 3.67. The van der Waals surface area contributed by atoms with Crippen molar-refractivity contribution in [3.63, 3.8) is 0 Å². The van der Waals surface area contributed by atoms with Gasteiger partial charge in [0.15, 0.2) is 0 Å². The molecule has 2 heterocycles. The summed E-state index contributed by atoms with van der Waals surface area (Å²) < 4.78 is 6.12. The highest BCUT2D eigenvalue weighted by atomic mass is 16.5. The summed E-state index contributed by atoms with van der Waals surface area (Å²) >= 11 is 0. The molecule has 0 radical (unpaired) electrons. The van der Waals surface area contributed by atoms with Crippen molar-refractivity contribution in [3.05, 3.63) is 0 Å². The average Bonchev–Trinajstić information content (AvgIpc) is 2.45. The normalized spacial score (nSPS) is 38.8. The molecule has 0 saturated carbocycles. The Morgan fingerprint density at radius 1 is 1.06 bits per heavy atom. The van der Waals surface area contributed by atoms with Gasteiger partial charge in [-0.1, -0.05) is 6.92 Å². The Labute approximate surface area is 99.5 Å². The van der Waals surface area contributed by atoms with Crippen LogP contribution in [0, 0.1) is 5.92 Å². The molecule has 2 saturated heterocycles. The Balaban J connectivity index is 2.10. The molecule has 2 rings (SSSR count). The summed E-state index contributed by atoms with van der Waals surface area (Å²) in [5.74, 6) is 0.754. The van der Waals surface area contributed by atoms with Crippen LogP contribution in [-0.4, -0.2) is 48.3 Å². The highest BCUT2D eigenvalue weighted by Gasteiger charge is 2.42. The van der Waals surface area contributed by atoms with Crippen LogP contribution in [0.4, 0.5) is 0 Å². The van der Waals surface area contributed by atoms with E-state index < -0.39 is 0 Å². The van der Waals surface area contributed by atoms with Crippen LogP contribution in [0.15, 0.2) is 0 Å². The van der Waals surface area contributed by atoms with Crippen LogP contribution in [0.25, 0.3) is 0 Å². The summed E-state index contributed by atoms with van der Waals surface area (Å²) in [6, 6.07) is 0.683. The second kappa shape index (κ2) is 3.97. The number of hydrogen-bond donors (Lipinski definition) is 1. The average molecular weight is 226 g/mol. The zero-order chi connectivity index (χ0) is 12.0. The smallest absolute Gasteiger partial charge is 0.0760 e. The monoisotopic (exact) mass is 226 g/mol. The second-order valence-electron chi connectivity index (χ2n) is 6.73. The van der Waals surface area contributed by atoms with Gasteiger partial charge in [-0.2, -0.15) is 0 Å². The van der Waals surface area contributed by atoms with Gasteiger partial charge in [0.1, 0.15) is 0 Å². The molecule has 0 aromatic rings. The molecule has 3 nitrogen and oxygen atoms in total. The van der Waals surface area contributed by atoms with Crippen LogP contribution < -0.4 is 5.32 Å². The fourth-order valence-corrected chi connectivity index (χ4v) is 3.37. The number of nitrogens with zero attached hydrogens (tertiary/aromatic N) is 1. The SMILES string of the molecule is CC1CNCC1N1CC(C)(C)OC(C)(C)C1. The largest absolute Gasteiger partial charge is 0.367 e. The highest BCUT2D eigenvalue weighted by Crippen LogP contribution is 2.31. The van der Waals surface area contributed by atoms with E-state index in [1.807, 2.05) is 0 Å². The summed E-state index contributed by atoms with van der Waals surface area (Å²) in [4.78, 5) is 2.62. The molecule has 16 heavy (non-hydrogen) atoms. The van der Waals surface area contributed by atoms with Gasteiger partial charge in [0, 0.05) is 25.7 Å². The summed E-state index contributed by atoms with van der Waals surface area (Å²) in [5, 5.41) is 3.49. The maximum absolute atomic E-state index is 6.12. The Morgan fingerprint density at radius 2 is 1.62 bits per heavy atom. The Kier molecular flexibility index (Phi) is 3.06. The van der Waals surface area contributed by atoms with Crippen LogP contribution in [0.5, 0.6) is 0 Å². The summed E-state index contributed by atoms with van der Waals surface area (Å²) in [6.45, 7) is 15.5. The van der Waals surface area contributed by atoms with E-state index in [1.165, 1.54) is 0 Å². The van der Waals surface area contributed by atoms with Crippen LogP contribution >= 0.6 is 0 Å². The number of nitrogens with one attached hydrogen (secondary N) is 1. The van der Waals surface area contributed by atoms with E-state index in [0.717, 1.165) is 32.1 Å². The minimum absolute atomic E-state index is 0.0237. The van der Waals surface area contributed by atoms with Gasteiger partial charge in [-0.25, -0.2) is 0 Å². The Morgan fingerprint density at radius 3 is 2.06 bits per heavy atom. The van der Waals surface area contributed by atoms with E-state index in [2.05, 4.69) is 44.8 Å². The van der Waals surface area contributed by atoms with Crippen molar-refractivity contribution in [2.45, 2.75) is 51.9 Å². The number of hydrogen-bond acceptors (Lipinski definition) is 3. The molecule has 0 aromatic carbocycles. The topological polar surface area (TPSA) is 24.5 Å². The van der Waals surface area contributed by atoms with E-state index in [0.29, 0.717) is 6.04 Å². The van der Waals surface area contributed by atoms with E-state index in [9.17, 15) is 0 Å². The molecule has 2 aliphatic heterocycles. The van der Waals surface area contributed by atoms with Crippen molar-refractivity contribution in [3.8, 4) is 0 Å². The molecule has 2 aliphatic rings. The van der Waals surface area contributed by atoms with E-state index in [1.54, 1.807) is 0 Å². The first-order valence-corrected chi connectivity index (χ1v) is 6.44. The minimum Gasteiger partial charge on any atom is -0.367 e. The molecular formula is C13H26N2O. The fourth-order valence-electron chi connectivity index (χ4n) is 3.37. The molecule has 0 spiro atoms. The molecule has 2 fully saturated rings. The predicted octanol–water partition coefficient (Wildman–Crippen LogP) is 1.48. The van der Waals surface area contributed by atoms with E-state index in [4.69, 9.17) is 4.74 Å². The van der Waals surface area contributed by atoms with Crippen molar-refractivity contribution < 1.29 is 4.74 Å². The van der Waals surface area contributed by atoms with Gasteiger partial charge in [0.05, 0.1) is 11.2 Å². The number of ether oxygens (including phenoxy) is 1. The molecule has 3 heteroatoms. The maximum atomic E-state index is 6.12. The quantitative estimate of drug-likeness (QED) is 0.733. The standard InChI is InChI=1S/C13H26N2O/c1-10-6-14-7-11(10)15-8-12(2,3)16-13(4,5)9-15/h10-11,14H,6-9H2,1-5H3. The van der Waals surface area contributed by atoms with Crippen LogP contribution in [0.3, 0.4) is 0 Å². The molecule has 0 bridgehead atoms. The van der Waals surface area contributed by atoms with Gasteiger partial charge in [-0.05, 0) is 40.2 Å². The van der Waals surface area contributed by atoms with Crippen LogP contribution in [0.1, 0.15) is 34.6 Å². The lowest BCUT2D eigenvalue weighted by atomic mass is 9.94. The van der Waals surface area contributed by atoms with Crippen molar-refractivity contribution in [1.29, 1.82) is 0 Å². The molecule has 94 valence electrons. The Bertz CT molecular complexity index is 247. The van der Waals surface area contributed by atoms with Crippen molar-refractivity contribution in [2.75, 3.05) is 26.2 Å². The minimum atomic E-state index is -0.0237. The second-order valence-corrected chi connectivity index (χ2v) is 6.73. The molecule has 1 N–H and O–H groups in total. The van der Waals surface area contributed by atoms with Gasteiger partial charge in [0.25, 0.3) is 0 Å². The zero-order valence-corrected chi connectivity index (χ0v) is 11.3. The van der Waals surface area contributed by atoms with Gasteiger partial charge in [-0.3, -0.25) is 4.90 Å². The molecule has 0 aliphatic carbocycles. The third-order valence-corrected chi connectivity index (χ3v) is 3.67. The van der Waals surface area contributed by atoms with Crippen molar-refractivity contribution in [2.24, 2.45) is 5.92 Å².